The zero-order valence-electron chi connectivity index (χ0n) is 11.9. The molecule has 0 saturated carbocycles. The van der Waals surface area contributed by atoms with Gasteiger partial charge in [-0.05, 0) is 23.6 Å². The van der Waals surface area contributed by atoms with E-state index >= 15 is 0 Å². The van der Waals surface area contributed by atoms with Crippen molar-refractivity contribution in [2.75, 3.05) is 20.8 Å². The fourth-order valence-electron chi connectivity index (χ4n) is 2.16. The molecular formula is C17H20O3. The van der Waals surface area contributed by atoms with Gasteiger partial charge < -0.3 is 14.6 Å². The summed E-state index contributed by atoms with van der Waals surface area (Å²) < 4.78 is 10.3. The van der Waals surface area contributed by atoms with Crippen LogP contribution >= 0.6 is 0 Å². The van der Waals surface area contributed by atoms with Crippen LogP contribution in [0.5, 0.6) is 5.75 Å². The number of hydrogen-bond acceptors (Lipinski definition) is 3. The van der Waals surface area contributed by atoms with Crippen molar-refractivity contribution < 1.29 is 14.6 Å². The second-order valence-electron chi connectivity index (χ2n) is 4.63. The van der Waals surface area contributed by atoms with E-state index < -0.39 is 6.10 Å². The van der Waals surface area contributed by atoms with Gasteiger partial charge in [0.15, 0.2) is 0 Å². The smallest absolute Gasteiger partial charge is 0.125 e. The van der Waals surface area contributed by atoms with Crippen molar-refractivity contribution >= 4 is 0 Å². The van der Waals surface area contributed by atoms with Crippen LogP contribution in [0.25, 0.3) is 0 Å². The van der Waals surface area contributed by atoms with Gasteiger partial charge in [0.05, 0.1) is 13.7 Å². The summed E-state index contributed by atoms with van der Waals surface area (Å²) in [7, 11) is 3.30. The molecule has 0 aliphatic carbocycles. The Hall–Kier alpha value is -1.84. The minimum atomic E-state index is -0.678. The Morgan fingerprint density at radius 1 is 1.00 bits per heavy atom. The lowest BCUT2D eigenvalue weighted by molar-refractivity contribution is 0.202. The highest BCUT2D eigenvalue weighted by molar-refractivity contribution is 5.40. The molecular weight excluding hydrogens is 252 g/mol. The van der Waals surface area contributed by atoms with Gasteiger partial charge in [-0.25, -0.2) is 0 Å². The van der Waals surface area contributed by atoms with Gasteiger partial charge in [0.1, 0.15) is 11.9 Å². The highest BCUT2D eigenvalue weighted by Crippen LogP contribution is 2.29. The third kappa shape index (κ3) is 3.38. The molecule has 0 aliphatic rings. The minimum absolute atomic E-state index is 0.678. The molecule has 0 radical (unpaired) electrons. The van der Waals surface area contributed by atoms with Gasteiger partial charge in [0.2, 0.25) is 0 Å². The molecule has 1 unspecified atom stereocenters. The van der Waals surface area contributed by atoms with Crippen LogP contribution < -0.4 is 4.74 Å². The Morgan fingerprint density at radius 2 is 1.70 bits per heavy atom. The van der Waals surface area contributed by atoms with Crippen molar-refractivity contribution in [1.29, 1.82) is 0 Å². The van der Waals surface area contributed by atoms with Crippen molar-refractivity contribution in [2.45, 2.75) is 12.5 Å². The summed E-state index contributed by atoms with van der Waals surface area (Å²) in [6.07, 6.45) is 0.198. The second kappa shape index (κ2) is 7.08. The molecule has 1 atom stereocenters. The molecule has 3 heteroatoms. The van der Waals surface area contributed by atoms with E-state index in [1.807, 2.05) is 48.5 Å². The zero-order valence-corrected chi connectivity index (χ0v) is 11.9. The zero-order chi connectivity index (χ0) is 14.4. The molecule has 0 bridgehead atoms. The summed E-state index contributed by atoms with van der Waals surface area (Å²) in [5.41, 5.74) is 2.83. The van der Waals surface area contributed by atoms with Crippen LogP contribution in [-0.2, 0) is 11.2 Å². The van der Waals surface area contributed by atoms with Crippen molar-refractivity contribution in [2.24, 2.45) is 0 Å². The molecule has 0 aromatic heterocycles. The number of para-hydroxylation sites is 1. The lowest BCUT2D eigenvalue weighted by Gasteiger charge is -2.15. The Labute approximate surface area is 119 Å². The summed E-state index contributed by atoms with van der Waals surface area (Å²) in [5, 5.41) is 10.5. The predicted molar refractivity (Wildman–Crippen MR) is 79.1 cm³/mol. The molecule has 2 aromatic rings. The van der Waals surface area contributed by atoms with E-state index in [4.69, 9.17) is 9.47 Å². The number of hydrogen-bond donors (Lipinski definition) is 1. The lowest BCUT2D eigenvalue weighted by Crippen LogP contribution is -2.03. The van der Waals surface area contributed by atoms with Gasteiger partial charge in [0, 0.05) is 12.7 Å². The van der Waals surface area contributed by atoms with Crippen LogP contribution in [0.4, 0.5) is 0 Å². The van der Waals surface area contributed by atoms with Crippen molar-refractivity contribution in [1.82, 2.24) is 0 Å². The van der Waals surface area contributed by atoms with Crippen molar-refractivity contribution in [3.05, 3.63) is 65.2 Å². The summed E-state index contributed by atoms with van der Waals surface area (Å²) in [6.45, 7) is 0.703. The highest BCUT2D eigenvalue weighted by Gasteiger charge is 2.14. The molecule has 0 amide bonds. The molecule has 0 spiro atoms. The maximum Gasteiger partial charge on any atom is 0.125 e. The number of rotatable bonds is 6. The second-order valence-corrected chi connectivity index (χ2v) is 4.63. The molecule has 0 heterocycles. The summed E-state index contributed by atoms with van der Waals surface area (Å²) >= 11 is 0. The van der Waals surface area contributed by atoms with Gasteiger partial charge in [-0.1, -0.05) is 42.5 Å². The molecule has 20 heavy (non-hydrogen) atoms. The van der Waals surface area contributed by atoms with Gasteiger partial charge in [-0.2, -0.15) is 0 Å². The number of aliphatic hydroxyl groups excluding tert-OH is 1. The van der Waals surface area contributed by atoms with E-state index in [9.17, 15) is 5.11 Å². The quantitative estimate of drug-likeness (QED) is 0.878. The average Bonchev–Trinajstić information content (AvgIpc) is 2.52. The van der Waals surface area contributed by atoms with Gasteiger partial charge >= 0.3 is 0 Å². The molecule has 106 valence electrons. The fourth-order valence-corrected chi connectivity index (χ4v) is 2.16. The highest BCUT2D eigenvalue weighted by atomic mass is 16.5. The Kier molecular flexibility index (Phi) is 5.16. The normalized spacial score (nSPS) is 12.2. The Morgan fingerprint density at radius 3 is 2.35 bits per heavy atom. The van der Waals surface area contributed by atoms with Crippen LogP contribution in [0.3, 0.4) is 0 Å². The number of ether oxygens (including phenoxy) is 2. The molecule has 2 aromatic carbocycles. The first kappa shape index (κ1) is 14.6. The van der Waals surface area contributed by atoms with Crippen LogP contribution in [0.2, 0.25) is 0 Å². The van der Waals surface area contributed by atoms with Gasteiger partial charge in [-0.15, -0.1) is 0 Å². The molecule has 0 saturated heterocycles. The van der Waals surface area contributed by atoms with E-state index in [0.717, 1.165) is 17.5 Å². The number of benzene rings is 2. The Bertz CT molecular complexity index is 534. The minimum Gasteiger partial charge on any atom is -0.496 e. The standard InChI is InChI=1S/C17H20O3/c1-19-12-11-13-7-9-14(10-8-13)17(18)15-5-3-4-6-16(15)20-2/h3-10,17-18H,11-12H2,1-2H3. The van der Waals surface area contributed by atoms with Crippen LogP contribution in [0.15, 0.2) is 48.5 Å². The largest absolute Gasteiger partial charge is 0.496 e. The van der Waals surface area contributed by atoms with Gasteiger partial charge in [-0.3, -0.25) is 0 Å². The molecule has 0 fully saturated rings. The van der Waals surface area contributed by atoms with E-state index in [-0.39, 0.29) is 0 Å². The fraction of sp³-hybridized carbons (Fsp3) is 0.294. The van der Waals surface area contributed by atoms with Crippen molar-refractivity contribution in [3.8, 4) is 5.75 Å². The first-order valence-electron chi connectivity index (χ1n) is 6.65. The van der Waals surface area contributed by atoms with E-state index in [0.29, 0.717) is 12.4 Å². The third-order valence-corrected chi connectivity index (χ3v) is 3.32. The Balaban J connectivity index is 2.18. The lowest BCUT2D eigenvalue weighted by atomic mass is 9.99. The average molecular weight is 272 g/mol. The molecule has 0 aliphatic heterocycles. The molecule has 3 nitrogen and oxygen atoms in total. The van der Waals surface area contributed by atoms with E-state index in [1.54, 1.807) is 14.2 Å². The predicted octanol–water partition coefficient (Wildman–Crippen LogP) is 2.97. The monoisotopic (exact) mass is 272 g/mol. The van der Waals surface area contributed by atoms with Crippen LogP contribution in [0, 0.1) is 0 Å². The van der Waals surface area contributed by atoms with E-state index in [2.05, 4.69) is 0 Å². The molecule has 1 N–H and O–H groups in total. The SMILES string of the molecule is COCCc1ccc(C(O)c2ccccc2OC)cc1. The first-order valence-corrected chi connectivity index (χ1v) is 6.65. The van der Waals surface area contributed by atoms with Gasteiger partial charge in [0.25, 0.3) is 0 Å². The van der Waals surface area contributed by atoms with Crippen molar-refractivity contribution in [3.63, 3.8) is 0 Å². The summed E-state index contributed by atoms with van der Waals surface area (Å²) in [5.74, 6) is 0.698. The first-order chi connectivity index (χ1) is 9.76. The maximum absolute atomic E-state index is 10.5. The summed E-state index contributed by atoms with van der Waals surface area (Å²) in [6, 6.07) is 15.5. The maximum atomic E-state index is 10.5. The number of methoxy groups -OCH3 is 2. The summed E-state index contributed by atoms with van der Waals surface area (Å²) in [4.78, 5) is 0. The molecule has 2 rings (SSSR count). The van der Waals surface area contributed by atoms with Crippen LogP contribution in [0.1, 0.15) is 22.8 Å². The van der Waals surface area contributed by atoms with Crippen LogP contribution in [-0.4, -0.2) is 25.9 Å². The third-order valence-electron chi connectivity index (χ3n) is 3.32. The van der Waals surface area contributed by atoms with E-state index in [1.165, 1.54) is 5.56 Å². The number of aliphatic hydroxyl groups is 1. The topological polar surface area (TPSA) is 38.7 Å².